The van der Waals surface area contributed by atoms with Crippen LogP contribution in [0.1, 0.15) is 34.6 Å². The summed E-state index contributed by atoms with van der Waals surface area (Å²) in [5.74, 6) is -0.860. The van der Waals surface area contributed by atoms with Gasteiger partial charge in [0.05, 0.1) is 18.8 Å². The lowest BCUT2D eigenvalue weighted by atomic mass is 10.2. The van der Waals surface area contributed by atoms with E-state index in [9.17, 15) is 14.4 Å². The molecule has 28 heavy (non-hydrogen) atoms. The quantitative estimate of drug-likeness (QED) is 0.673. The van der Waals surface area contributed by atoms with Crippen LogP contribution in [0.5, 0.6) is 11.5 Å². The van der Waals surface area contributed by atoms with Gasteiger partial charge in [-0.2, -0.15) is 0 Å². The minimum absolute atomic E-state index is 0.0487. The smallest absolute Gasteiger partial charge is 0.338 e. The molecule has 0 aliphatic rings. The molecule has 0 heterocycles. The monoisotopic (exact) mass is 386 g/mol. The van der Waals surface area contributed by atoms with Crippen molar-refractivity contribution in [2.75, 3.05) is 19.0 Å². The number of hydrogen-bond acceptors (Lipinski definition) is 6. The fraction of sp³-hybridized carbons (Fsp3) is 0.250. The first-order chi connectivity index (χ1) is 13.3. The average molecular weight is 386 g/mol. The number of methoxy groups -OCH3 is 1. The summed E-state index contributed by atoms with van der Waals surface area (Å²) in [4.78, 5) is 35.1. The van der Waals surface area contributed by atoms with Gasteiger partial charge in [-0.05, 0) is 56.3 Å². The molecule has 0 saturated carbocycles. The number of rotatable bonds is 8. The summed E-state index contributed by atoms with van der Waals surface area (Å²) in [6.07, 6.45) is -0.0487. The van der Waals surface area contributed by atoms with Crippen LogP contribution in [-0.2, 0) is 9.53 Å². The maximum atomic E-state index is 12.2. The minimum atomic E-state index is -0.673. The summed E-state index contributed by atoms with van der Waals surface area (Å²) >= 11 is 0. The van der Waals surface area contributed by atoms with Gasteiger partial charge in [-0.3, -0.25) is 9.59 Å². The summed E-state index contributed by atoms with van der Waals surface area (Å²) in [5.41, 5.74) is 6.15. The Kier molecular flexibility index (Phi) is 6.97. The van der Waals surface area contributed by atoms with Crippen LogP contribution in [0, 0.1) is 0 Å². The third-order valence-electron chi connectivity index (χ3n) is 3.55. The van der Waals surface area contributed by atoms with E-state index in [1.165, 1.54) is 43.5 Å². The van der Waals surface area contributed by atoms with E-state index in [1.54, 1.807) is 6.07 Å². The number of primary amides is 1. The fourth-order valence-corrected chi connectivity index (χ4v) is 2.28. The van der Waals surface area contributed by atoms with Gasteiger partial charge in [0.2, 0.25) is 5.91 Å². The molecule has 0 atom stereocenters. The molecule has 3 N–H and O–H groups in total. The standard InChI is InChI=1S/C20H22N2O6/c1-12(2)28-16-9-6-14(10-17(16)26-3)20(25)27-11-18(23)22-15-7-4-13(5-8-15)19(21)24/h4-10,12H,11H2,1-3H3,(H2,21,24)(H,22,23). The maximum Gasteiger partial charge on any atom is 0.338 e. The summed E-state index contributed by atoms with van der Waals surface area (Å²) in [6, 6.07) is 10.6. The minimum Gasteiger partial charge on any atom is -0.493 e. The summed E-state index contributed by atoms with van der Waals surface area (Å²) in [5, 5.41) is 2.56. The third-order valence-corrected chi connectivity index (χ3v) is 3.55. The number of carbonyl (C=O) groups is 3. The number of nitrogens with two attached hydrogens (primary N) is 1. The van der Waals surface area contributed by atoms with Crippen LogP contribution in [0.3, 0.4) is 0 Å². The number of hydrogen-bond donors (Lipinski definition) is 2. The number of nitrogens with one attached hydrogen (secondary N) is 1. The van der Waals surface area contributed by atoms with Crippen molar-refractivity contribution in [3.05, 3.63) is 53.6 Å². The molecule has 0 aliphatic heterocycles. The van der Waals surface area contributed by atoms with Gasteiger partial charge in [0.1, 0.15) is 0 Å². The van der Waals surface area contributed by atoms with E-state index in [2.05, 4.69) is 5.32 Å². The van der Waals surface area contributed by atoms with E-state index >= 15 is 0 Å². The molecule has 0 saturated heterocycles. The molecule has 0 aromatic heterocycles. The Morgan fingerprint density at radius 2 is 1.64 bits per heavy atom. The average Bonchev–Trinajstić information content (AvgIpc) is 2.66. The number of carbonyl (C=O) groups excluding carboxylic acids is 3. The first-order valence-electron chi connectivity index (χ1n) is 8.51. The highest BCUT2D eigenvalue weighted by Gasteiger charge is 2.15. The van der Waals surface area contributed by atoms with E-state index in [4.69, 9.17) is 19.9 Å². The first-order valence-corrected chi connectivity index (χ1v) is 8.51. The van der Waals surface area contributed by atoms with Gasteiger partial charge in [0.15, 0.2) is 18.1 Å². The zero-order valence-electron chi connectivity index (χ0n) is 15.9. The van der Waals surface area contributed by atoms with Gasteiger partial charge in [-0.25, -0.2) is 4.79 Å². The van der Waals surface area contributed by atoms with Crippen molar-refractivity contribution < 1.29 is 28.6 Å². The second kappa shape index (κ2) is 9.40. The molecular weight excluding hydrogens is 364 g/mol. The molecule has 2 aromatic carbocycles. The molecule has 0 bridgehead atoms. The molecule has 0 radical (unpaired) electrons. The van der Waals surface area contributed by atoms with E-state index in [1.807, 2.05) is 13.8 Å². The van der Waals surface area contributed by atoms with Gasteiger partial charge in [0, 0.05) is 11.3 Å². The fourth-order valence-electron chi connectivity index (χ4n) is 2.28. The summed E-state index contributed by atoms with van der Waals surface area (Å²) in [7, 11) is 1.47. The molecule has 2 amide bonds. The summed E-state index contributed by atoms with van der Waals surface area (Å²) in [6.45, 7) is 3.28. The molecule has 2 aromatic rings. The second-order valence-electron chi connectivity index (χ2n) is 6.10. The lowest BCUT2D eigenvalue weighted by Crippen LogP contribution is -2.21. The zero-order valence-corrected chi connectivity index (χ0v) is 15.9. The molecule has 2 rings (SSSR count). The Balaban J connectivity index is 1.93. The topological polar surface area (TPSA) is 117 Å². The van der Waals surface area contributed by atoms with Crippen molar-refractivity contribution in [3.8, 4) is 11.5 Å². The third kappa shape index (κ3) is 5.73. The van der Waals surface area contributed by atoms with Crippen LogP contribution in [-0.4, -0.2) is 37.6 Å². The predicted octanol–water partition coefficient (Wildman–Crippen LogP) is 2.38. The Hall–Kier alpha value is -3.55. The highest BCUT2D eigenvalue weighted by molar-refractivity contribution is 5.97. The Labute approximate surface area is 162 Å². The Bertz CT molecular complexity index is 861. The van der Waals surface area contributed by atoms with Gasteiger partial charge in [-0.1, -0.05) is 0 Å². The Morgan fingerprint density at radius 1 is 1.00 bits per heavy atom. The van der Waals surface area contributed by atoms with Crippen molar-refractivity contribution in [1.29, 1.82) is 0 Å². The maximum absolute atomic E-state index is 12.2. The molecular formula is C20H22N2O6. The van der Waals surface area contributed by atoms with Gasteiger partial charge < -0.3 is 25.3 Å². The van der Waals surface area contributed by atoms with Crippen LogP contribution in [0.2, 0.25) is 0 Å². The number of ether oxygens (including phenoxy) is 3. The van der Waals surface area contributed by atoms with Crippen LogP contribution < -0.4 is 20.5 Å². The highest BCUT2D eigenvalue weighted by Crippen LogP contribution is 2.29. The van der Waals surface area contributed by atoms with Crippen LogP contribution >= 0.6 is 0 Å². The number of anilines is 1. The molecule has 8 nitrogen and oxygen atoms in total. The first kappa shape index (κ1) is 20.8. The van der Waals surface area contributed by atoms with Crippen LogP contribution in [0.25, 0.3) is 0 Å². The normalized spacial score (nSPS) is 10.3. The number of amides is 2. The molecule has 8 heteroatoms. The van der Waals surface area contributed by atoms with Crippen molar-refractivity contribution >= 4 is 23.5 Å². The second-order valence-corrected chi connectivity index (χ2v) is 6.10. The lowest BCUT2D eigenvalue weighted by molar-refractivity contribution is -0.119. The lowest BCUT2D eigenvalue weighted by Gasteiger charge is -2.14. The predicted molar refractivity (Wildman–Crippen MR) is 103 cm³/mol. The molecule has 0 aliphatic carbocycles. The van der Waals surface area contributed by atoms with E-state index in [0.29, 0.717) is 22.7 Å². The van der Waals surface area contributed by atoms with Crippen molar-refractivity contribution in [1.82, 2.24) is 0 Å². The van der Waals surface area contributed by atoms with Gasteiger partial charge in [-0.15, -0.1) is 0 Å². The molecule has 0 fully saturated rings. The van der Waals surface area contributed by atoms with Gasteiger partial charge >= 0.3 is 5.97 Å². The molecule has 148 valence electrons. The van der Waals surface area contributed by atoms with Gasteiger partial charge in [0.25, 0.3) is 5.91 Å². The SMILES string of the molecule is COc1cc(C(=O)OCC(=O)Nc2ccc(C(N)=O)cc2)ccc1OC(C)C. The summed E-state index contributed by atoms with van der Waals surface area (Å²) < 4.78 is 15.8. The highest BCUT2D eigenvalue weighted by atomic mass is 16.5. The van der Waals surface area contributed by atoms with Crippen LogP contribution in [0.4, 0.5) is 5.69 Å². The molecule has 0 unspecified atom stereocenters. The largest absolute Gasteiger partial charge is 0.493 e. The number of benzene rings is 2. The Morgan fingerprint density at radius 3 is 2.21 bits per heavy atom. The van der Waals surface area contributed by atoms with Crippen molar-refractivity contribution in [2.45, 2.75) is 20.0 Å². The number of esters is 1. The van der Waals surface area contributed by atoms with Crippen molar-refractivity contribution in [3.63, 3.8) is 0 Å². The van der Waals surface area contributed by atoms with Crippen LogP contribution in [0.15, 0.2) is 42.5 Å². The van der Waals surface area contributed by atoms with E-state index in [-0.39, 0.29) is 11.7 Å². The van der Waals surface area contributed by atoms with E-state index in [0.717, 1.165) is 0 Å². The molecule has 0 spiro atoms. The van der Waals surface area contributed by atoms with Crippen molar-refractivity contribution in [2.24, 2.45) is 5.73 Å². The van der Waals surface area contributed by atoms with E-state index < -0.39 is 24.4 Å². The zero-order chi connectivity index (χ0) is 20.7.